The number of ether oxygens (including phenoxy) is 1. The minimum Gasteiger partial charge on any atom is -0.468 e. The van der Waals surface area contributed by atoms with E-state index in [1.165, 1.54) is 13.2 Å². The van der Waals surface area contributed by atoms with Crippen LogP contribution in [0.5, 0.6) is 0 Å². The van der Waals surface area contributed by atoms with Gasteiger partial charge in [-0.1, -0.05) is 17.7 Å². The molecule has 0 N–H and O–H groups in total. The van der Waals surface area contributed by atoms with Crippen LogP contribution in [-0.4, -0.2) is 22.6 Å². The van der Waals surface area contributed by atoms with Gasteiger partial charge in [-0.15, -0.1) is 0 Å². The summed E-state index contributed by atoms with van der Waals surface area (Å²) in [5.74, 6) is -0.226. The fraction of sp³-hybridized carbons (Fsp3) is 0.231. The molecule has 0 fully saturated rings. The number of carbonyl (C=O) groups excluding carboxylic acids is 1. The van der Waals surface area contributed by atoms with Crippen LogP contribution in [-0.2, 0) is 22.5 Å². The first-order valence-corrected chi connectivity index (χ1v) is 5.99. The van der Waals surface area contributed by atoms with Gasteiger partial charge in [0.15, 0.2) is 0 Å². The largest absolute Gasteiger partial charge is 0.468 e. The zero-order valence-corrected chi connectivity index (χ0v) is 11.0. The first-order chi connectivity index (χ1) is 9.11. The van der Waals surface area contributed by atoms with Gasteiger partial charge < -0.3 is 9.30 Å². The van der Waals surface area contributed by atoms with Crippen LogP contribution < -0.4 is 0 Å². The van der Waals surface area contributed by atoms with Gasteiger partial charge in [0, 0.05) is 29.4 Å². The molecule has 0 saturated heterocycles. The van der Waals surface area contributed by atoms with Gasteiger partial charge >= 0.3 is 5.97 Å². The number of rotatable bonds is 4. The summed E-state index contributed by atoms with van der Waals surface area (Å²) < 4.78 is 19.9. The molecule has 6 heteroatoms. The van der Waals surface area contributed by atoms with Crippen molar-refractivity contribution in [2.75, 3.05) is 7.11 Å². The topological polar surface area (TPSA) is 44.1 Å². The maximum atomic E-state index is 13.7. The zero-order chi connectivity index (χ0) is 13.8. The Kier molecular flexibility index (Phi) is 4.16. The van der Waals surface area contributed by atoms with E-state index < -0.39 is 0 Å². The lowest BCUT2D eigenvalue weighted by molar-refractivity contribution is -0.141. The molecule has 0 aliphatic carbocycles. The average Bonchev–Trinajstić information content (AvgIpc) is 2.81. The molecule has 4 nitrogen and oxygen atoms in total. The van der Waals surface area contributed by atoms with Crippen molar-refractivity contribution in [1.82, 2.24) is 9.55 Å². The van der Waals surface area contributed by atoms with Crippen molar-refractivity contribution >= 4 is 17.6 Å². The van der Waals surface area contributed by atoms with Gasteiger partial charge in [-0.05, 0) is 12.1 Å². The molecule has 0 radical (unpaired) electrons. The van der Waals surface area contributed by atoms with Crippen LogP contribution in [0, 0.1) is 5.82 Å². The maximum Gasteiger partial charge on any atom is 0.325 e. The fourth-order valence-corrected chi connectivity index (χ4v) is 1.94. The summed E-state index contributed by atoms with van der Waals surface area (Å²) in [6, 6.07) is 4.50. The number of hydrogen-bond donors (Lipinski definition) is 0. The lowest BCUT2D eigenvalue weighted by atomic mass is 10.1. The summed E-state index contributed by atoms with van der Waals surface area (Å²) in [4.78, 5) is 15.4. The molecule has 1 aromatic heterocycles. The first-order valence-electron chi connectivity index (χ1n) is 5.61. The SMILES string of the molecule is COC(=O)Cn1ccnc1Cc1c(F)cccc1Cl. The molecule has 2 rings (SSSR count). The van der Waals surface area contributed by atoms with Crippen molar-refractivity contribution in [1.29, 1.82) is 0 Å². The number of aromatic nitrogens is 2. The molecule has 1 heterocycles. The Morgan fingerprint density at radius 2 is 2.32 bits per heavy atom. The number of halogens is 2. The van der Waals surface area contributed by atoms with Crippen LogP contribution in [0.3, 0.4) is 0 Å². The highest BCUT2D eigenvalue weighted by molar-refractivity contribution is 6.31. The minimum absolute atomic E-state index is 0.0396. The number of hydrogen-bond acceptors (Lipinski definition) is 3. The van der Waals surface area contributed by atoms with Gasteiger partial charge in [-0.25, -0.2) is 9.37 Å². The lowest BCUT2D eigenvalue weighted by Crippen LogP contribution is -2.14. The summed E-state index contributed by atoms with van der Waals surface area (Å²) >= 11 is 5.96. The Bertz CT molecular complexity index is 578. The average molecular weight is 283 g/mol. The number of carbonyl (C=O) groups is 1. The summed E-state index contributed by atoms with van der Waals surface area (Å²) in [6.45, 7) is 0.0396. The molecule has 0 spiro atoms. The van der Waals surface area contributed by atoms with Gasteiger partial charge in [-0.2, -0.15) is 0 Å². The van der Waals surface area contributed by atoms with Gasteiger partial charge in [0.25, 0.3) is 0 Å². The summed E-state index contributed by atoms with van der Waals surface area (Å²) in [6.07, 6.45) is 3.41. The Balaban J connectivity index is 2.24. The van der Waals surface area contributed by atoms with Gasteiger partial charge in [-0.3, -0.25) is 4.79 Å². The second-order valence-corrected chi connectivity index (χ2v) is 4.33. The Labute approximate surface area is 114 Å². The number of methoxy groups -OCH3 is 1. The van der Waals surface area contributed by atoms with Gasteiger partial charge in [0.2, 0.25) is 0 Å². The smallest absolute Gasteiger partial charge is 0.325 e. The standard InChI is InChI=1S/C13H12ClFN2O2/c1-19-13(18)8-17-6-5-16-12(17)7-9-10(14)3-2-4-11(9)15/h2-6H,7-8H2,1H3. The van der Waals surface area contributed by atoms with Crippen LogP contribution in [0.4, 0.5) is 4.39 Å². The molecule has 0 amide bonds. The third-order valence-electron chi connectivity index (χ3n) is 2.73. The maximum absolute atomic E-state index is 13.7. The Morgan fingerprint density at radius 1 is 1.53 bits per heavy atom. The van der Waals surface area contributed by atoms with Crippen LogP contribution in [0.15, 0.2) is 30.6 Å². The first kappa shape index (κ1) is 13.5. The molecular formula is C13H12ClFN2O2. The molecule has 2 aromatic rings. The van der Waals surface area contributed by atoms with E-state index in [0.29, 0.717) is 16.4 Å². The molecule has 0 atom stereocenters. The zero-order valence-electron chi connectivity index (χ0n) is 10.3. The molecule has 0 bridgehead atoms. The number of benzene rings is 1. The highest BCUT2D eigenvalue weighted by Crippen LogP contribution is 2.21. The molecule has 0 unspecified atom stereocenters. The van der Waals surface area contributed by atoms with Crippen molar-refractivity contribution < 1.29 is 13.9 Å². The van der Waals surface area contributed by atoms with Gasteiger partial charge in [0.1, 0.15) is 18.2 Å². The van der Waals surface area contributed by atoms with E-state index in [1.807, 2.05) is 0 Å². The second-order valence-electron chi connectivity index (χ2n) is 3.92. The van der Waals surface area contributed by atoms with Crippen LogP contribution in [0.25, 0.3) is 0 Å². The van der Waals surface area contributed by atoms with E-state index in [9.17, 15) is 9.18 Å². The number of esters is 1. The van der Waals surface area contributed by atoms with E-state index in [-0.39, 0.29) is 24.8 Å². The highest BCUT2D eigenvalue weighted by Gasteiger charge is 2.13. The van der Waals surface area contributed by atoms with E-state index in [2.05, 4.69) is 9.72 Å². The third kappa shape index (κ3) is 3.12. The predicted molar refractivity (Wildman–Crippen MR) is 68.5 cm³/mol. The minimum atomic E-state index is -0.390. The van der Waals surface area contributed by atoms with Crippen molar-refractivity contribution in [3.05, 3.63) is 52.8 Å². The summed E-state index contributed by atoms with van der Waals surface area (Å²) in [5, 5.41) is 0.340. The molecule has 0 saturated carbocycles. The second kappa shape index (κ2) is 5.84. The fourth-order valence-electron chi connectivity index (χ4n) is 1.71. The molecule has 100 valence electrons. The van der Waals surface area contributed by atoms with Crippen molar-refractivity contribution in [3.8, 4) is 0 Å². The summed E-state index contributed by atoms with van der Waals surface area (Å²) in [7, 11) is 1.31. The monoisotopic (exact) mass is 282 g/mol. The number of nitrogens with zero attached hydrogens (tertiary/aromatic N) is 2. The Morgan fingerprint density at radius 3 is 3.00 bits per heavy atom. The Hall–Kier alpha value is -1.88. The highest BCUT2D eigenvalue weighted by atomic mass is 35.5. The molecular weight excluding hydrogens is 271 g/mol. The van der Waals surface area contributed by atoms with Gasteiger partial charge in [0.05, 0.1) is 7.11 Å². The van der Waals surface area contributed by atoms with Crippen LogP contribution >= 0.6 is 11.6 Å². The molecule has 19 heavy (non-hydrogen) atoms. The van der Waals surface area contributed by atoms with E-state index in [0.717, 1.165) is 0 Å². The molecule has 1 aromatic carbocycles. The van der Waals surface area contributed by atoms with E-state index >= 15 is 0 Å². The molecule has 0 aliphatic rings. The van der Waals surface area contributed by atoms with E-state index in [4.69, 9.17) is 11.6 Å². The normalized spacial score (nSPS) is 10.5. The number of imidazole rings is 1. The quantitative estimate of drug-likeness (QED) is 0.809. The van der Waals surface area contributed by atoms with Crippen molar-refractivity contribution in [2.45, 2.75) is 13.0 Å². The predicted octanol–water partition coefficient (Wildman–Crippen LogP) is 2.44. The third-order valence-corrected chi connectivity index (χ3v) is 3.08. The van der Waals surface area contributed by atoms with E-state index in [1.54, 1.807) is 29.1 Å². The van der Waals surface area contributed by atoms with Crippen LogP contribution in [0.1, 0.15) is 11.4 Å². The summed E-state index contributed by atoms with van der Waals surface area (Å²) in [5.41, 5.74) is 0.362. The van der Waals surface area contributed by atoms with Crippen molar-refractivity contribution in [3.63, 3.8) is 0 Å². The van der Waals surface area contributed by atoms with Crippen molar-refractivity contribution in [2.24, 2.45) is 0 Å². The molecule has 0 aliphatic heterocycles. The lowest BCUT2D eigenvalue weighted by Gasteiger charge is -2.08. The van der Waals surface area contributed by atoms with Crippen LogP contribution in [0.2, 0.25) is 5.02 Å².